The normalized spacial score (nSPS) is 10.2. The maximum absolute atomic E-state index is 5.87. The summed E-state index contributed by atoms with van der Waals surface area (Å²) in [5.41, 5.74) is 8.70. The van der Waals surface area contributed by atoms with Crippen molar-refractivity contribution >= 4 is 34.0 Å². The van der Waals surface area contributed by atoms with Crippen LogP contribution in [-0.2, 0) is 6.54 Å². The van der Waals surface area contributed by atoms with Crippen LogP contribution in [0.4, 0.5) is 11.4 Å². The zero-order valence-corrected chi connectivity index (χ0v) is 10.2. The maximum Gasteiger partial charge on any atom is 0.0952 e. The Hall–Kier alpha value is -1.17. The van der Waals surface area contributed by atoms with Crippen LogP contribution in [0, 0.1) is 3.57 Å². The first kappa shape index (κ1) is 10.4. The first-order valence-electron chi connectivity index (χ1n) is 4.55. The monoisotopic (exact) mass is 314 g/mol. The van der Waals surface area contributed by atoms with Crippen molar-refractivity contribution < 1.29 is 4.42 Å². The highest BCUT2D eigenvalue weighted by Crippen LogP contribution is 2.21. The van der Waals surface area contributed by atoms with Gasteiger partial charge in [-0.1, -0.05) is 0 Å². The molecule has 0 saturated heterocycles. The molecule has 1 aromatic heterocycles. The van der Waals surface area contributed by atoms with E-state index in [9.17, 15) is 0 Å². The molecule has 78 valence electrons. The Morgan fingerprint density at radius 3 is 2.87 bits per heavy atom. The molecule has 0 aliphatic carbocycles. The number of nitrogens with one attached hydrogen (secondary N) is 1. The summed E-state index contributed by atoms with van der Waals surface area (Å²) in [6, 6.07) is 7.87. The van der Waals surface area contributed by atoms with Crippen LogP contribution in [0.3, 0.4) is 0 Å². The van der Waals surface area contributed by atoms with Crippen molar-refractivity contribution in [2.24, 2.45) is 0 Å². The van der Waals surface area contributed by atoms with Crippen LogP contribution in [0.25, 0.3) is 0 Å². The van der Waals surface area contributed by atoms with Gasteiger partial charge in [-0.3, -0.25) is 0 Å². The molecule has 0 unspecified atom stereocenters. The van der Waals surface area contributed by atoms with Crippen molar-refractivity contribution in [3.05, 3.63) is 45.9 Å². The predicted molar refractivity (Wildman–Crippen MR) is 69.6 cm³/mol. The van der Waals surface area contributed by atoms with E-state index in [1.54, 1.807) is 12.5 Å². The molecule has 0 aliphatic heterocycles. The van der Waals surface area contributed by atoms with E-state index in [1.165, 1.54) is 0 Å². The largest absolute Gasteiger partial charge is 0.472 e. The lowest BCUT2D eigenvalue weighted by atomic mass is 10.2. The molecule has 0 bridgehead atoms. The molecule has 2 aromatic rings. The lowest BCUT2D eigenvalue weighted by Crippen LogP contribution is -2.01. The number of halogens is 1. The highest BCUT2D eigenvalue weighted by Gasteiger charge is 1.99. The molecule has 0 spiro atoms. The second kappa shape index (κ2) is 4.57. The van der Waals surface area contributed by atoms with Crippen LogP contribution in [0.1, 0.15) is 5.56 Å². The topological polar surface area (TPSA) is 51.2 Å². The number of benzene rings is 1. The third-order valence-electron chi connectivity index (χ3n) is 2.08. The zero-order valence-electron chi connectivity index (χ0n) is 8.03. The predicted octanol–water partition coefficient (Wildman–Crippen LogP) is 3.08. The molecule has 0 fully saturated rings. The fourth-order valence-electron chi connectivity index (χ4n) is 1.29. The summed E-state index contributed by atoms with van der Waals surface area (Å²) in [5, 5.41) is 3.25. The minimum absolute atomic E-state index is 0.724. The van der Waals surface area contributed by atoms with E-state index < -0.39 is 0 Å². The molecule has 1 aromatic carbocycles. The second-order valence-electron chi connectivity index (χ2n) is 3.22. The van der Waals surface area contributed by atoms with Crippen molar-refractivity contribution in [3.63, 3.8) is 0 Å². The molecule has 1 heterocycles. The van der Waals surface area contributed by atoms with Gasteiger partial charge in [-0.2, -0.15) is 0 Å². The van der Waals surface area contributed by atoms with Crippen LogP contribution >= 0.6 is 22.6 Å². The third kappa shape index (κ3) is 2.65. The molecule has 0 aliphatic rings. The van der Waals surface area contributed by atoms with E-state index in [4.69, 9.17) is 10.2 Å². The average molecular weight is 314 g/mol. The summed E-state index contributed by atoms with van der Waals surface area (Å²) in [6.45, 7) is 0.724. The number of rotatable bonds is 3. The van der Waals surface area contributed by atoms with E-state index in [1.807, 2.05) is 24.3 Å². The number of anilines is 2. The number of hydrogen-bond donors (Lipinski definition) is 2. The Kier molecular flexibility index (Phi) is 3.15. The van der Waals surface area contributed by atoms with Gasteiger partial charge in [-0.25, -0.2) is 0 Å². The fraction of sp³-hybridized carbons (Fsp3) is 0.0909. The molecule has 0 amide bonds. The Morgan fingerprint density at radius 1 is 1.33 bits per heavy atom. The standard InChI is InChI=1S/C11H11IN2O/c12-9-1-2-11(10(13)5-9)14-6-8-3-4-15-7-8/h1-5,7,14H,6,13H2. The summed E-state index contributed by atoms with van der Waals surface area (Å²) < 4.78 is 6.12. The van der Waals surface area contributed by atoms with Crippen molar-refractivity contribution in [2.75, 3.05) is 11.1 Å². The van der Waals surface area contributed by atoms with Gasteiger partial charge in [0.1, 0.15) is 0 Å². The van der Waals surface area contributed by atoms with E-state index >= 15 is 0 Å². The SMILES string of the molecule is Nc1cc(I)ccc1NCc1ccoc1. The lowest BCUT2D eigenvalue weighted by Gasteiger charge is -2.08. The first-order chi connectivity index (χ1) is 7.25. The van der Waals surface area contributed by atoms with Gasteiger partial charge < -0.3 is 15.5 Å². The summed E-state index contributed by atoms with van der Waals surface area (Å²) in [7, 11) is 0. The molecular weight excluding hydrogens is 303 g/mol. The van der Waals surface area contributed by atoms with Gasteiger partial charge in [0.2, 0.25) is 0 Å². The quantitative estimate of drug-likeness (QED) is 0.676. The van der Waals surface area contributed by atoms with Gasteiger partial charge in [-0.15, -0.1) is 0 Å². The van der Waals surface area contributed by atoms with Crippen LogP contribution < -0.4 is 11.1 Å². The van der Waals surface area contributed by atoms with Crippen LogP contribution in [-0.4, -0.2) is 0 Å². The number of furan rings is 1. The van der Waals surface area contributed by atoms with Gasteiger partial charge in [0.05, 0.1) is 23.9 Å². The van der Waals surface area contributed by atoms with Gasteiger partial charge in [-0.05, 0) is 46.9 Å². The van der Waals surface area contributed by atoms with Gasteiger partial charge >= 0.3 is 0 Å². The van der Waals surface area contributed by atoms with Crippen molar-refractivity contribution in [1.82, 2.24) is 0 Å². The molecular formula is C11H11IN2O. The minimum atomic E-state index is 0.724. The van der Waals surface area contributed by atoms with Crippen LogP contribution in [0.5, 0.6) is 0 Å². The summed E-state index contributed by atoms with van der Waals surface area (Å²) >= 11 is 2.24. The third-order valence-corrected chi connectivity index (χ3v) is 2.75. The molecule has 0 atom stereocenters. The molecule has 3 nitrogen and oxygen atoms in total. The van der Waals surface area contributed by atoms with Crippen molar-refractivity contribution in [3.8, 4) is 0 Å². The number of nitrogen functional groups attached to an aromatic ring is 1. The number of hydrogen-bond acceptors (Lipinski definition) is 3. The average Bonchev–Trinajstić information content (AvgIpc) is 2.69. The molecule has 4 heteroatoms. The molecule has 15 heavy (non-hydrogen) atoms. The highest BCUT2D eigenvalue weighted by atomic mass is 127. The smallest absolute Gasteiger partial charge is 0.0952 e. The molecule has 3 N–H and O–H groups in total. The lowest BCUT2D eigenvalue weighted by molar-refractivity contribution is 0.564. The van der Waals surface area contributed by atoms with Gasteiger partial charge in [0.15, 0.2) is 0 Å². The van der Waals surface area contributed by atoms with Crippen LogP contribution in [0.15, 0.2) is 41.2 Å². The van der Waals surface area contributed by atoms with E-state index in [0.29, 0.717) is 0 Å². The Bertz CT molecular complexity index is 440. The fourth-order valence-corrected chi connectivity index (χ4v) is 1.80. The minimum Gasteiger partial charge on any atom is -0.472 e. The van der Waals surface area contributed by atoms with E-state index in [2.05, 4.69) is 27.9 Å². The van der Waals surface area contributed by atoms with Gasteiger partial charge in [0, 0.05) is 15.7 Å². The number of nitrogens with two attached hydrogens (primary N) is 1. The molecule has 2 rings (SSSR count). The van der Waals surface area contributed by atoms with Crippen molar-refractivity contribution in [1.29, 1.82) is 0 Å². The highest BCUT2D eigenvalue weighted by molar-refractivity contribution is 14.1. The zero-order chi connectivity index (χ0) is 10.7. The second-order valence-corrected chi connectivity index (χ2v) is 4.46. The van der Waals surface area contributed by atoms with Gasteiger partial charge in [0.25, 0.3) is 0 Å². The van der Waals surface area contributed by atoms with E-state index in [-0.39, 0.29) is 0 Å². The Morgan fingerprint density at radius 2 is 2.20 bits per heavy atom. The van der Waals surface area contributed by atoms with Crippen LogP contribution in [0.2, 0.25) is 0 Å². The molecule has 0 radical (unpaired) electrons. The Balaban J connectivity index is 2.05. The van der Waals surface area contributed by atoms with E-state index in [0.717, 1.165) is 27.1 Å². The summed E-state index contributed by atoms with van der Waals surface area (Å²) in [5.74, 6) is 0. The maximum atomic E-state index is 5.87. The van der Waals surface area contributed by atoms with Crippen molar-refractivity contribution in [2.45, 2.75) is 6.54 Å². The molecule has 0 saturated carbocycles. The Labute approximate surface area is 102 Å². The summed E-state index contributed by atoms with van der Waals surface area (Å²) in [6.07, 6.45) is 3.38. The summed E-state index contributed by atoms with van der Waals surface area (Å²) in [4.78, 5) is 0. The first-order valence-corrected chi connectivity index (χ1v) is 5.63.